The van der Waals surface area contributed by atoms with E-state index in [-0.39, 0.29) is 18.6 Å². The average Bonchev–Trinajstić information content (AvgIpc) is 3.08. The number of amides is 1. The molecule has 2 N–H and O–H groups in total. The molecule has 0 radical (unpaired) electrons. The molecular formula is C19H26N4O3. The summed E-state index contributed by atoms with van der Waals surface area (Å²) in [6, 6.07) is 7.30. The highest BCUT2D eigenvalue weighted by molar-refractivity contribution is 5.81. The van der Waals surface area contributed by atoms with Crippen molar-refractivity contribution in [2.24, 2.45) is 7.05 Å². The third kappa shape index (κ3) is 4.35. The van der Waals surface area contributed by atoms with Gasteiger partial charge in [0, 0.05) is 38.6 Å². The lowest BCUT2D eigenvalue weighted by atomic mass is 10.1. The first-order valence-electron chi connectivity index (χ1n) is 8.96. The summed E-state index contributed by atoms with van der Waals surface area (Å²) < 4.78 is 7.72. The fraction of sp³-hybridized carbons (Fsp3) is 0.474. The van der Waals surface area contributed by atoms with Crippen molar-refractivity contribution in [3.63, 3.8) is 0 Å². The third-order valence-corrected chi connectivity index (χ3v) is 4.68. The molecule has 2 heterocycles. The molecule has 1 amide bonds. The molecule has 140 valence electrons. The van der Waals surface area contributed by atoms with Gasteiger partial charge in [0.05, 0.1) is 6.61 Å². The van der Waals surface area contributed by atoms with E-state index in [2.05, 4.69) is 15.2 Å². The summed E-state index contributed by atoms with van der Waals surface area (Å²) in [6.07, 6.45) is 4.91. The number of ether oxygens (including phenoxy) is 1. The van der Waals surface area contributed by atoms with Gasteiger partial charge in [0.1, 0.15) is 5.75 Å². The summed E-state index contributed by atoms with van der Waals surface area (Å²) in [4.78, 5) is 19.0. The van der Waals surface area contributed by atoms with Gasteiger partial charge >= 0.3 is 0 Å². The van der Waals surface area contributed by atoms with E-state index >= 15 is 0 Å². The van der Waals surface area contributed by atoms with Gasteiger partial charge in [-0.1, -0.05) is 12.1 Å². The molecule has 7 nitrogen and oxygen atoms in total. The Morgan fingerprint density at radius 3 is 2.85 bits per heavy atom. The van der Waals surface area contributed by atoms with Crippen molar-refractivity contribution in [2.75, 3.05) is 18.0 Å². The number of aryl methyl sites for hydroxylation is 1. The number of nitrogens with one attached hydrogen (secondary N) is 1. The average molecular weight is 358 g/mol. The Morgan fingerprint density at radius 2 is 2.19 bits per heavy atom. The number of hydrogen-bond donors (Lipinski definition) is 2. The Hall–Kier alpha value is -2.54. The standard InChI is InChI=1S/C19H26N4O3/c1-14(26-17-5-3-4-15(12-17)13-24)18(25)21-16-6-9-23(10-7-16)19-20-8-11-22(19)2/h3-5,8,11-12,14,16,24H,6-7,9-10,13H2,1-2H3,(H,21,25). The lowest BCUT2D eigenvalue weighted by molar-refractivity contribution is -0.128. The van der Waals surface area contributed by atoms with Crippen molar-refractivity contribution in [1.82, 2.24) is 14.9 Å². The molecule has 3 rings (SSSR count). The Kier molecular flexibility index (Phi) is 5.78. The van der Waals surface area contributed by atoms with Crippen molar-refractivity contribution in [3.05, 3.63) is 42.2 Å². The highest BCUT2D eigenvalue weighted by atomic mass is 16.5. The zero-order valence-electron chi connectivity index (χ0n) is 15.3. The largest absolute Gasteiger partial charge is 0.481 e. The Morgan fingerprint density at radius 1 is 1.42 bits per heavy atom. The smallest absolute Gasteiger partial charge is 0.260 e. The van der Waals surface area contributed by atoms with Gasteiger partial charge in [-0.3, -0.25) is 4.79 Å². The van der Waals surface area contributed by atoms with Gasteiger partial charge in [-0.05, 0) is 37.5 Å². The lowest BCUT2D eigenvalue weighted by Gasteiger charge is -2.33. The van der Waals surface area contributed by atoms with E-state index in [0.29, 0.717) is 5.75 Å². The molecule has 2 aromatic rings. The van der Waals surface area contributed by atoms with Crippen LogP contribution in [0.1, 0.15) is 25.3 Å². The van der Waals surface area contributed by atoms with E-state index in [4.69, 9.17) is 4.74 Å². The Labute approximate surface area is 153 Å². The molecular weight excluding hydrogens is 332 g/mol. The van der Waals surface area contributed by atoms with E-state index < -0.39 is 6.10 Å². The number of imidazole rings is 1. The molecule has 1 atom stereocenters. The molecule has 26 heavy (non-hydrogen) atoms. The summed E-state index contributed by atoms with van der Waals surface area (Å²) >= 11 is 0. The number of rotatable bonds is 6. The minimum absolute atomic E-state index is 0.0493. The van der Waals surface area contributed by atoms with Crippen LogP contribution in [0.25, 0.3) is 0 Å². The molecule has 1 saturated heterocycles. The first-order valence-corrected chi connectivity index (χ1v) is 8.96. The van der Waals surface area contributed by atoms with E-state index in [0.717, 1.165) is 37.4 Å². The van der Waals surface area contributed by atoms with Gasteiger partial charge in [0.15, 0.2) is 6.10 Å². The van der Waals surface area contributed by atoms with Crippen molar-refractivity contribution < 1.29 is 14.6 Å². The SMILES string of the molecule is CC(Oc1cccc(CO)c1)C(=O)NC1CCN(c2nccn2C)CC1. The summed E-state index contributed by atoms with van der Waals surface area (Å²) in [7, 11) is 1.99. The molecule has 0 bridgehead atoms. The number of benzene rings is 1. The maximum Gasteiger partial charge on any atom is 0.260 e. The second kappa shape index (κ2) is 8.23. The highest BCUT2D eigenvalue weighted by Gasteiger charge is 2.25. The molecule has 1 unspecified atom stereocenters. The van der Waals surface area contributed by atoms with Crippen LogP contribution in [-0.4, -0.2) is 45.8 Å². The number of aliphatic hydroxyl groups is 1. The Bertz CT molecular complexity index is 738. The molecule has 1 fully saturated rings. The number of aromatic nitrogens is 2. The van der Waals surface area contributed by atoms with Gasteiger partial charge in [0.25, 0.3) is 5.91 Å². The first-order chi connectivity index (χ1) is 12.6. The molecule has 1 aromatic carbocycles. The zero-order valence-corrected chi connectivity index (χ0v) is 15.3. The van der Waals surface area contributed by atoms with Gasteiger partial charge < -0.3 is 24.6 Å². The number of hydrogen-bond acceptors (Lipinski definition) is 5. The molecule has 1 aliphatic heterocycles. The minimum Gasteiger partial charge on any atom is -0.481 e. The number of aliphatic hydroxyl groups excluding tert-OH is 1. The maximum absolute atomic E-state index is 12.4. The zero-order chi connectivity index (χ0) is 18.5. The lowest BCUT2D eigenvalue weighted by Crippen LogP contribution is -2.48. The Balaban J connectivity index is 1.48. The number of piperidine rings is 1. The normalized spacial score (nSPS) is 16.3. The topological polar surface area (TPSA) is 79.6 Å². The van der Waals surface area contributed by atoms with E-state index in [9.17, 15) is 9.90 Å². The molecule has 0 spiro atoms. The second-order valence-electron chi connectivity index (χ2n) is 6.67. The van der Waals surface area contributed by atoms with Crippen molar-refractivity contribution in [3.8, 4) is 5.75 Å². The van der Waals surface area contributed by atoms with E-state index in [1.54, 1.807) is 31.3 Å². The molecule has 0 aliphatic carbocycles. The summed E-state index contributed by atoms with van der Waals surface area (Å²) in [6.45, 7) is 3.42. The molecule has 1 aromatic heterocycles. The number of carbonyl (C=O) groups excluding carboxylic acids is 1. The van der Waals surface area contributed by atoms with Crippen LogP contribution in [0.4, 0.5) is 5.95 Å². The van der Waals surface area contributed by atoms with Crippen molar-refractivity contribution in [2.45, 2.75) is 38.5 Å². The van der Waals surface area contributed by atoms with E-state index in [1.807, 2.05) is 23.9 Å². The number of nitrogens with zero attached hydrogens (tertiary/aromatic N) is 3. The fourth-order valence-electron chi connectivity index (χ4n) is 3.18. The van der Waals surface area contributed by atoms with Gasteiger partial charge in [-0.2, -0.15) is 0 Å². The minimum atomic E-state index is -0.587. The summed E-state index contributed by atoms with van der Waals surface area (Å²) in [5.74, 6) is 1.44. The highest BCUT2D eigenvalue weighted by Crippen LogP contribution is 2.18. The molecule has 1 aliphatic rings. The van der Waals surface area contributed by atoms with Crippen LogP contribution in [0, 0.1) is 0 Å². The van der Waals surface area contributed by atoms with Crippen LogP contribution in [-0.2, 0) is 18.4 Å². The number of carbonyl (C=O) groups is 1. The quantitative estimate of drug-likeness (QED) is 0.817. The van der Waals surface area contributed by atoms with Crippen molar-refractivity contribution >= 4 is 11.9 Å². The third-order valence-electron chi connectivity index (χ3n) is 4.68. The fourth-order valence-corrected chi connectivity index (χ4v) is 3.18. The van der Waals surface area contributed by atoms with E-state index in [1.165, 1.54) is 0 Å². The van der Waals surface area contributed by atoms with Crippen LogP contribution in [0.15, 0.2) is 36.7 Å². The van der Waals surface area contributed by atoms with Gasteiger partial charge in [-0.25, -0.2) is 4.98 Å². The van der Waals surface area contributed by atoms with Gasteiger partial charge in [-0.15, -0.1) is 0 Å². The second-order valence-corrected chi connectivity index (χ2v) is 6.67. The number of anilines is 1. The monoisotopic (exact) mass is 358 g/mol. The van der Waals surface area contributed by atoms with Crippen LogP contribution >= 0.6 is 0 Å². The van der Waals surface area contributed by atoms with Crippen LogP contribution < -0.4 is 15.0 Å². The molecule has 0 saturated carbocycles. The predicted molar refractivity (Wildman–Crippen MR) is 99.0 cm³/mol. The van der Waals surface area contributed by atoms with Crippen molar-refractivity contribution in [1.29, 1.82) is 0 Å². The van der Waals surface area contributed by atoms with Crippen LogP contribution in [0.5, 0.6) is 5.75 Å². The first kappa shape index (κ1) is 18.3. The van der Waals surface area contributed by atoms with Crippen LogP contribution in [0.3, 0.4) is 0 Å². The summed E-state index contributed by atoms with van der Waals surface area (Å²) in [5.41, 5.74) is 0.761. The molecule has 7 heteroatoms. The predicted octanol–water partition coefficient (Wildman–Crippen LogP) is 1.46. The summed E-state index contributed by atoms with van der Waals surface area (Å²) in [5, 5.41) is 12.3. The van der Waals surface area contributed by atoms with Crippen LogP contribution in [0.2, 0.25) is 0 Å². The van der Waals surface area contributed by atoms with Gasteiger partial charge in [0.2, 0.25) is 5.95 Å². The maximum atomic E-state index is 12.4.